The second-order valence-electron chi connectivity index (χ2n) is 4.22. The lowest BCUT2D eigenvalue weighted by atomic mass is 10.1. The van der Waals surface area contributed by atoms with Crippen LogP contribution in [-0.4, -0.2) is 40.6 Å². The smallest absolute Gasteiger partial charge is 0.336 e. The lowest BCUT2D eigenvalue weighted by Gasteiger charge is -2.09. The first kappa shape index (κ1) is 16.3. The number of carboxylic acid groups (broad SMARTS) is 1. The molecule has 110 valence electrons. The number of aromatic hydroxyl groups is 1. The number of thiol groups is 1. The normalized spacial score (nSPS) is 11.8. The maximum atomic E-state index is 11.3. The largest absolute Gasteiger partial charge is 0.508 e. The van der Waals surface area contributed by atoms with Crippen LogP contribution in [0.5, 0.6) is 5.75 Å². The Morgan fingerprint density at radius 1 is 1.20 bits per heavy atom. The first-order chi connectivity index (χ1) is 9.49. The molecule has 0 saturated carbocycles. The third kappa shape index (κ3) is 6.44. The Morgan fingerprint density at radius 3 is 2.45 bits per heavy atom. The Kier molecular flexibility index (Phi) is 6.89. The average molecular weight is 298 g/mol. The van der Waals surface area contributed by atoms with Crippen LogP contribution in [0.3, 0.4) is 0 Å². The van der Waals surface area contributed by atoms with Crippen molar-refractivity contribution >= 4 is 24.5 Å². The topological polar surface area (TPSA) is 98.7 Å². The molecule has 1 atom stereocenters. The number of aliphatic carboxylic acids is 1. The van der Waals surface area contributed by atoms with Crippen molar-refractivity contribution in [3.63, 3.8) is 0 Å². The number of phenols is 1. The quantitative estimate of drug-likeness (QED) is 0.271. The summed E-state index contributed by atoms with van der Waals surface area (Å²) in [5.41, 5.74) is 1.08. The maximum Gasteiger partial charge on any atom is 0.336 e. The molecule has 0 fully saturated rings. The van der Waals surface area contributed by atoms with Gasteiger partial charge in [-0.3, -0.25) is 4.79 Å². The van der Waals surface area contributed by atoms with Gasteiger partial charge in [-0.25, -0.2) is 4.79 Å². The van der Waals surface area contributed by atoms with E-state index in [9.17, 15) is 9.59 Å². The van der Waals surface area contributed by atoms with Gasteiger partial charge in [0.1, 0.15) is 5.75 Å². The zero-order valence-corrected chi connectivity index (χ0v) is 11.8. The fourth-order valence-corrected chi connectivity index (χ4v) is 1.65. The molecule has 20 heavy (non-hydrogen) atoms. The predicted octanol–water partition coefficient (Wildman–Crippen LogP) is 0.371. The molecule has 0 aliphatic heterocycles. The molecule has 0 aromatic heterocycles. The SMILES string of the molecule is O=C(CCNCCc1ccc(O)cc1)NC(S)C(=O)O. The molecule has 1 aromatic carbocycles. The highest BCUT2D eigenvalue weighted by Gasteiger charge is 2.13. The van der Waals surface area contributed by atoms with Crippen LogP contribution in [0.1, 0.15) is 12.0 Å². The first-order valence-electron chi connectivity index (χ1n) is 6.18. The number of carbonyl (C=O) groups is 2. The fourth-order valence-electron chi connectivity index (χ4n) is 1.51. The highest BCUT2D eigenvalue weighted by atomic mass is 32.1. The summed E-state index contributed by atoms with van der Waals surface area (Å²) >= 11 is 3.71. The Balaban J connectivity index is 2.11. The Labute approximate surface area is 122 Å². The van der Waals surface area contributed by atoms with Crippen molar-refractivity contribution in [2.45, 2.75) is 18.2 Å². The number of carboxylic acids is 1. The van der Waals surface area contributed by atoms with Crippen molar-refractivity contribution in [2.75, 3.05) is 13.1 Å². The Morgan fingerprint density at radius 2 is 1.85 bits per heavy atom. The molecule has 0 saturated heterocycles. The molecule has 1 unspecified atom stereocenters. The van der Waals surface area contributed by atoms with Gasteiger partial charge in [-0.2, -0.15) is 0 Å². The molecule has 0 aliphatic carbocycles. The van der Waals surface area contributed by atoms with Crippen LogP contribution in [0.4, 0.5) is 0 Å². The minimum atomic E-state index is -1.18. The number of benzene rings is 1. The van der Waals surface area contributed by atoms with E-state index in [4.69, 9.17) is 10.2 Å². The summed E-state index contributed by atoms with van der Waals surface area (Å²) in [6, 6.07) is 6.92. The van der Waals surface area contributed by atoms with Gasteiger partial charge in [0.05, 0.1) is 0 Å². The molecule has 1 rings (SSSR count). The van der Waals surface area contributed by atoms with E-state index < -0.39 is 11.3 Å². The molecule has 0 aliphatic rings. The molecule has 0 heterocycles. The Bertz CT molecular complexity index is 450. The van der Waals surface area contributed by atoms with E-state index in [2.05, 4.69) is 23.3 Å². The van der Waals surface area contributed by atoms with Crippen molar-refractivity contribution < 1.29 is 19.8 Å². The zero-order chi connectivity index (χ0) is 15.0. The van der Waals surface area contributed by atoms with E-state index in [0.29, 0.717) is 13.1 Å². The molecule has 6 nitrogen and oxygen atoms in total. The van der Waals surface area contributed by atoms with Gasteiger partial charge in [-0.05, 0) is 30.7 Å². The van der Waals surface area contributed by atoms with Gasteiger partial charge in [0.2, 0.25) is 5.91 Å². The highest BCUT2D eigenvalue weighted by Crippen LogP contribution is 2.09. The lowest BCUT2D eigenvalue weighted by molar-refractivity contribution is -0.139. The number of nitrogens with one attached hydrogen (secondary N) is 2. The fraction of sp³-hybridized carbons (Fsp3) is 0.385. The molecular formula is C13H18N2O4S. The molecule has 0 radical (unpaired) electrons. The van der Waals surface area contributed by atoms with Crippen LogP contribution in [0.25, 0.3) is 0 Å². The second kappa shape index (κ2) is 8.44. The van der Waals surface area contributed by atoms with Gasteiger partial charge in [0, 0.05) is 13.0 Å². The molecule has 4 N–H and O–H groups in total. The Hall–Kier alpha value is -1.73. The van der Waals surface area contributed by atoms with Crippen LogP contribution in [-0.2, 0) is 16.0 Å². The first-order valence-corrected chi connectivity index (χ1v) is 6.69. The van der Waals surface area contributed by atoms with Crippen molar-refractivity contribution in [1.82, 2.24) is 10.6 Å². The summed E-state index contributed by atoms with van der Waals surface area (Å²) in [7, 11) is 0. The zero-order valence-electron chi connectivity index (χ0n) is 10.9. The second-order valence-corrected chi connectivity index (χ2v) is 4.74. The van der Waals surface area contributed by atoms with Crippen LogP contribution >= 0.6 is 12.6 Å². The van der Waals surface area contributed by atoms with Gasteiger partial charge >= 0.3 is 5.97 Å². The minimum absolute atomic E-state index is 0.194. The monoisotopic (exact) mass is 298 g/mol. The summed E-state index contributed by atoms with van der Waals surface area (Å²) in [6.07, 6.45) is 0.978. The number of rotatable bonds is 8. The molecule has 7 heteroatoms. The lowest BCUT2D eigenvalue weighted by Crippen LogP contribution is -2.38. The number of hydrogen-bond donors (Lipinski definition) is 5. The van der Waals surface area contributed by atoms with E-state index in [1.807, 2.05) is 12.1 Å². The van der Waals surface area contributed by atoms with Crippen molar-refractivity contribution in [3.05, 3.63) is 29.8 Å². The van der Waals surface area contributed by atoms with Crippen LogP contribution < -0.4 is 10.6 Å². The molecular weight excluding hydrogens is 280 g/mol. The van der Waals surface area contributed by atoms with E-state index in [-0.39, 0.29) is 18.1 Å². The summed E-state index contributed by atoms with van der Waals surface area (Å²) in [4.78, 5) is 21.8. The third-order valence-electron chi connectivity index (χ3n) is 2.59. The average Bonchev–Trinajstić information content (AvgIpc) is 2.40. The third-order valence-corrected chi connectivity index (χ3v) is 2.94. The van der Waals surface area contributed by atoms with E-state index in [1.54, 1.807) is 12.1 Å². The number of carbonyl (C=O) groups excluding carboxylic acids is 1. The van der Waals surface area contributed by atoms with Gasteiger partial charge in [0.25, 0.3) is 0 Å². The summed E-state index contributed by atoms with van der Waals surface area (Å²) in [6.45, 7) is 1.16. The van der Waals surface area contributed by atoms with Crippen molar-refractivity contribution in [2.24, 2.45) is 0 Å². The summed E-state index contributed by atoms with van der Waals surface area (Å²) in [5.74, 6) is -1.30. The van der Waals surface area contributed by atoms with E-state index >= 15 is 0 Å². The van der Waals surface area contributed by atoms with Crippen molar-refractivity contribution in [3.8, 4) is 5.75 Å². The molecule has 0 bridgehead atoms. The molecule has 1 amide bonds. The number of hydrogen-bond acceptors (Lipinski definition) is 5. The van der Waals surface area contributed by atoms with Gasteiger partial charge in [0.15, 0.2) is 5.37 Å². The van der Waals surface area contributed by atoms with Gasteiger partial charge in [-0.1, -0.05) is 12.1 Å². The number of phenolic OH excluding ortho intramolecular Hbond substituents is 1. The summed E-state index contributed by atoms with van der Waals surface area (Å²) < 4.78 is 0. The minimum Gasteiger partial charge on any atom is -0.508 e. The molecule has 1 aromatic rings. The predicted molar refractivity (Wildman–Crippen MR) is 77.9 cm³/mol. The summed E-state index contributed by atoms with van der Waals surface area (Å²) in [5, 5.41) is 21.9. The van der Waals surface area contributed by atoms with E-state index in [0.717, 1.165) is 12.0 Å². The maximum absolute atomic E-state index is 11.3. The molecule has 0 spiro atoms. The van der Waals surface area contributed by atoms with Crippen molar-refractivity contribution in [1.29, 1.82) is 0 Å². The highest BCUT2D eigenvalue weighted by molar-refractivity contribution is 7.81. The van der Waals surface area contributed by atoms with E-state index in [1.165, 1.54) is 0 Å². The van der Waals surface area contributed by atoms with Crippen LogP contribution in [0.15, 0.2) is 24.3 Å². The van der Waals surface area contributed by atoms with Crippen LogP contribution in [0.2, 0.25) is 0 Å². The number of amides is 1. The van der Waals surface area contributed by atoms with Gasteiger partial charge in [-0.15, -0.1) is 12.6 Å². The standard InChI is InChI=1S/C13H18N2O4S/c16-10-3-1-9(2-4-10)5-7-14-8-6-11(17)15-12(20)13(18)19/h1-4,12,14,16,20H,5-8H2,(H,15,17)(H,18,19). The van der Waals surface area contributed by atoms with Crippen LogP contribution in [0, 0.1) is 0 Å². The van der Waals surface area contributed by atoms with Gasteiger partial charge < -0.3 is 20.8 Å².